The van der Waals surface area contributed by atoms with Crippen LogP contribution < -0.4 is 25.6 Å². The van der Waals surface area contributed by atoms with E-state index in [4.69, 9.17) is 4.74 Å². The molecule has 0 saturated heterocycles. The number of nitriles is 1. The lowest BCUT2D eigenvalue weighted by molar-refractivity contribution is -0.137. The van der Waals surface area contributed by atoms with Gasteiger partial charge in [0.1, 0.15) is 18.6 Å². The Labute approximate surface area is 304 Å². The summed E-state index contributed by atoms with van der Waals surface area (Å²) in [6.45, 7) is 0. The van der Waals surface area contributed by atoms with Gasteiger partial charge in [0.2, 0.25) is 23.6 Å². The number of para-hydroxylation sites is 1. The molecular weight excluding hydrogens is 743 g/mol. The van der Waals surface area contributed by atoms with Gasteiger partial charge in [-0.2, -0.15) is 18.4 Å². The zero-order valence-corrected chi connectivity index (χ0v) is 28.5. The Kier molecular flexibility index (Phi) is 11.7. The van der Waals surface area contributed by atoms with Crippen LogP contribution in [0.5, 0.6) is 11.5 Å². The van der Waals surface area contributed by atoms with Crippen LogP contribution in [-0.4, -0.2) is 23.6 Å². The molecule has 5 aromatic rings. The summed E-state index contributed by atoms with van der Waals surface area (Å²) < 4.78 is 46.0. The lowest BCUT2D eigenvalue weighted by atomic mass is 10.1. The van der Waals surface area contributed by atoms with E-state index in [9.17, 15) is 37.6 Å². The molecule has 0 aliphatic carbocycles. The summed E-state index contributed by atoms with van der Waals surface area (Å²) >= 11 is 3.32. The van der Waals surface area contributed by atoms with Gasteiger partial charge in [-0.1, -0.05) is 34.1 Å². The van der Waals surface area contributed by atoms with Crippen molar-refractivity contribution in [1.82, 2.24) is 0 Å². The fourth-order valence-electron chi connectivity index (χ4n) is 4.83. The van der Waals surface area contributed by atoms with Crippen LogP contribution in [0.15, 0.2) is 126 Å². The van der Waals surface area contributed by atoms with Gasteiger partial charge in [0.05, 0.1) is 22.9 Å². The Balaban J connectivity index is 1.44. The van der Waals surface area contributed by atoms with Crippen molar-refractivity contribution in [2.45, 2.75) is 19.0 Å². The first-order valence-electron chi connectivity index (χ1n) is 15.4. The molecule has 5 rings (SSSR count). The maximum Gasteiger partial charge on any atom is 0.416 e. The summed E-state index contributed by atoms with van der Waals surface area (Å²) in [7, 11) is 0. The number of amides is 4. The van der Waals surface area contributed by atoms with Crippen LogP contribution >= 0.6 is 15.9 Å². The third-order valence-electron chi connectivity index (χ3n) is 7.22. The highest BCUT2D eigenvalue weighted by Gasteiger charge is 2.30. The quantitative estimate of drug-likeness (QED) is 0.115. The molecule has 0 aliphatic heterocycles. The third kappa shape index (κ3) is 10.1. The highest BCUT2D eigenvalue weighted by atomic mass is 79.9. The number of benzene rings is 5. The molecule has 0 heterocycles. The van der Waals surface area contributed by atoms with Crippen molar-refractivity contribution in [3.05, 3.63) is 137 Å². The number of anilines is 5. The first-order valence-corrected chi connectivity index (χ1v) is 16.2. The van der Waals surface area contributed by atoms with Gasteiger partial charge in [0.25, 0.3) is 0 Å². The number of carbonyl (C=O) groups is 4. The summed E-state index contributed by atoms with van der Waals surface area (Å²) in [5, 5.41) is 17.1. The SMILES string of the molecule is N#Cc1ccc(N(C(=O)CC(=O)Nc2ccc(C(F)(F)F)cc2)c2cc(NC(=O)CC(=O)Nc3ccc(Br)cc3)ccc2Oc2ccccc2)cc1. The van der Waals surface area contributed by atoms with Crippen LogP contribution in [-0.2, 0) is 25.4 Å². The van der Waals surface area contributed by atoms with E-state index in [-0.39, 0.29) is 28.5 Å². The normalized spacial score (nSPS) is 10.8. The lowest BCUT2D eigenvalue weighted by Gasteiger charge is -2.26. The van der Waals surface area contributed by atoms with E-state index in [1.807, 2.05) is 6.07 Å². The summed E-state index contributed by atoms with van der Waals surface area (Å²) in [6, 6.07) is 31.4. The number of nitrogens with zero attached hydrogens (tertiary/aromatic N) is 2. The maximum absolute atomic E-state index is 14.0. The first-order chi connectivity index (χ1) is 24.9. The highest BCUT2D eigenvalue weighted by molar-refractivity contribution is 9.10. The van der Waals surface area contributed by atoms with Crippen molar-refractivity contribution in [2.75, 3.05) is 20.9 Å². The molecule has 0 fully saturated rings. The van der Waals surface area contributed by atoms with Gasteiger partial charge in [-0.3, -0.25) is 24.1 Å². The number of nitrogens with one attached hydrogen (secondary N) is 3. The molecule has 3 N–H and O–H groups in total. The second-order valence-electron chi connectivity index (χ2n) is 11.1. The van der Waals surface area contributed by atoms with E-state index < -0.39 is 48.2 Å². The monoisotopic (exact) mass is 769 g/mol. The molecule has 52 heavy (non-hydrogen) atoms. The molecular formula is C38H27BrF3N5O5. The van der Waals surface area contributed by atoms with Gasteiger partial charge in [-0.25, -0.2) is 0 Å². The second-order valence-corrected chi connectivity index (χ2v) is 12.0. The van der Waals surface area contributed by atoms with Crippen molar-refractivity contribution >= 4 is 68.0 Å². The van der Waals surface area contributed by atoms with Crippen LogP contribution in [0, 0.1) is 11.3 Å². The molecule has 0 bridgehead atoms. The van der Waals surface area contributed by atoms with E-state index in [2.05, 4.69) is 31.9 Å². The molecule has 4 amide bonds. The van der Waals surface area contributed by atoms with Gasteiger partial charge in [-0.15, -0.1) is 0 Å². The molecule has 262 valence electrons. The topological polar surface area (TPSA) is 141 Å². The van der Waals surface area contributed by atoms with Crippen LogP contribution in [0.25, 0.3) is 0 Å². The minimum atomic E-state index is -4.57. The smallest absolute Gasteiger partial charge is 0.416 e. The van der Waals surface area contributed by atoms with Crippen LogP contribution in [0.4, 0.5) is 41.6 Å². The zero-order valence-electron chi connectivity index (χ0n) is 26.9. The van der Waals surface area contributed by atoms with Gasteiger partial charge in [-0.05, 0) is 103 Å². The Morgan fingerprint density at radius 2 is 1.23 bits per heavy atom. The summed E-state index contributed by atoms with van der Waals surface area (Å²) in [4.78, 5) is 53.8. The number of halogens is 4. The number of carbonyl (C=O) groups excluding carboxylic acids is 4. The third-order valence-corrected chi connectivity index (χ3v) is 7.74. The predicted octanol–water partition coefficient (Wildman–Crippen LogP) is 8.79. The molecule has 0 atom stereocenters. The molecule has 0 aliphatic rings. The summed E-state index contributed by atoms with van der Waals surface area (Å²) in [5.41, 5.74) is 0.399. The van der Waals surface area contributed by atoms with Crippen molar-refractivity contribution in [2.24, 2.45) is 0 Å². The number of ether oxygens (including phenoxy) is 1. The van der Waals surface area contributed by atoms with Crippen LogP contribution in [0.3, 0.4) is 0 Å². The number of alkyl halides is 3. The average molecular weight is 771 g/mol. The van der Waals surface area contributed by atoms with Gasteiger partial charge in [0, 0.05) is 27.2 Å². The van der Waals surface area contributed by atoms with E-state index in [1.54, 1.807) is 54.6 Å². The van der Waals surface area contributed by atoms with Gasteiger partial charge in [0.15, 0.2) is 5.75 Å². The number of hydrogen-bond donors (Lipinski definition) is 3. The fourth-order valence-corrected chi connectivity index (χ4v) is 5.09. The standard InChI is InChI=1S/C38H27BrF3N5O5/c39-26-10-14-28(15-11-26)44-34(48)21-35(49)46-29-16-19-33(52-31-4-2-1-3-5-31)32(20-29)47(30-17-6-24(23-43)7-18-30)37(51)22-36(50)45-27-12-8-25(9-13-27)38(40,41)42/h1-20H,21-22H2,(H,44,48)(H,45,50)(H,46,49). The Bertz CT molecular complexity index is 2120. The maximum atomic E-state index is 14.0. The zero-order chi connectivity index (χ0) is 37.3. The minimum Gasteiger partial charge on any atom is -0.455 e. The lowest BCUT2D eigenvalue weighted by Crippen LogP contribution is -2.30. The van der Waals surface area contributed by atoms with Crippen molar-refractivity contribution in [3.63, 3.8) is 0 Å². The van der Waals surface area contributed by atoms with Crippen LogP contribution in [0.1, 0.15) is 24.0 Å². The Morgan fingerprint density at radius 3 is 1.81 bits per heavy atom. The van der Waals surface area contributed by atoms with Crippen LogP contribution in [0.2, 0.25) is 0 Å². The molecule has 10 nitrogen and oxygen atoms in total. The molecule has 0 spiro atoms. The largest absolute Gasteiger partial charge is 0.455 e. The van der Waals surface area contributed by atoms with Crippen molar-refractivity contribution < 1.29 is 37.1 Å². The molecule has 14 heteroatoms. The molecule has 0 aromatic heterocycles. The first kappa shape index (κ1) is 36.8. The average Bonchev–Trinajstić information content (AvgIpc) is 3.11. The Morgan fingerprint density at radius 1 is 0.692 bits per heavy atom. The molecule has 0 unspecified atom stereocenters. The summed E-state index contributed by atoms with van der Waals surface area (Å²) in [6.07, 6.45) is -5.87. The minimum absolute atomic E-state index is 0.0395. The molecule has 0 saturated carbocycles. The molecule has 5 aromatic carbocycles. The summed E-state index contributed by atoms with van der Waals surface area (Å²) in [5.74, 6) is -2.31. The molecule has 0 radical (unpaired) electrons. The van der Waals surface area contributed by atoms with E-state index >= 15 is 0 Å². The Hall–Kier alpha value is -6.46. The van der Waals surface area contributed by atoms with Crippen molar-refractivity contribution in [3.8, 4) is 17.6 Å². The number of hydrogen-bond acceptors (Lipinski definition) is 6. The highest BCUT2D eigenvalue weighted by Crippen LogP contribution is 2.39. The fraction of sp³-hybridized carbons (Fsp3) is 0.0789. The number of rotatable bonds is 11. The van der Waals surface area contributed by atoms with E-state index in [0.717, 1.165) is 33.6 Å². The van der Waals surface area contributed by atoms with Gasteiger partial charge < -0.3 is 20.7 Å². The van der Waals surface area contributed by atoms with Crippen molar-refractivity contribution in [1.29, 1.82) is 5.26 Å². The van der Waals surface area contributed by atoms with E-state index in [0.29, 0.717) is 17.0 Å². The second kappa shape index (κ2) is 16.5. The predicted molar refractivity (Wildman–Crippen MR) is 192 cm³/mol. The van der Waals surface area contributed by atoms with E-state index in [1.165, 1.54) is 42.5 Å². The van der Waals surface area contributed by atoms with Gasteiger partial charge >= 0.3 is 6.18 Å².